The van der Waals surface area contributed by atoms with Gasteiger partial charge in [-0.25, -0.2) is 8.42 Å². The van der Waals surface area contributed by atoms with E-state index in [9.17, 15) is 17.2 Å². The van der Waals surface area contributed by atoms with Gasteiger partial charge >= 0.3 is 0 Å². The molecule has 2 aromatic carbocycles. The summed E-state index contributed by atoms with van der Waals surface area (Å²) in [6.07, 6.45) is 3.20. The zero-order valence-corrected chi connectivity index (χ0v) is 20.7. The molecular weight excluding hydrogens is 625 g/mol. The molecule has 0 aliphatic carbocycles. The van der Waals surface area contributed by atoms with Gasteiger partial charge < -0.3 is 9.71 Å². The van der Waals surface area contributed by atoms with Crippen molar-refractivity contribution in [2.75, 3.05) is 0 Å². The minimum absolute atomic E-state index is 0. The van der Waals surface area contributed by atoms with E-state index in [0.717, 1.165) is 17.7 Å². The normalized spacial score (nSPS) is 10.5. The van der Waals surface area contributed by atoms with Gasteiger partial charge in [0.1, 0.15) is 10.0 Å². The molecule has 0 amide bonds. The van der Waals surface area contributed by atoms with Gasteiger partial charge in [-0.2, -0.15) is 0 Å². The Kier molecular flexibility index (Phi) is 9.93. The second-order valence-electron chi connectivity index (χ2n) is 6.66. The van der Waals surface area contributed by atoms with Gasteiger partial charge in [0.05, 0.1) is 0 Å². The molecule has 0 saturated carbocycles. The molecule has 0 aliphatic heterocycles. The molecule has 0 spiro atoms. The summed E-state index contributed by atoms with van der Waals surface area (Å²) in [6, 6.07) is 21.4. The van der Waals surface area contributed by atoms with Crippen LogP contribution in [0.4, 0.5) is 8.78 Å². The molecule has 0 aliphatic rings. The fraction of sp³-hybridized carbons (Fsp3) is 0.0833. The molecule has 9 heteroatoms. The van der Waals surface area contributed by atoms with Crippen LogP contribution in [0.15, 0.2) is 90.1 Å². The fourth-order valence-electron chi connectivity index (χ4n) is 2.66. The van der Waals surface area contributed by atoms with Crippen molar-refractivity contribution in [3.05, 3.63) is 119 Å². The van der Waals surface area contributed by atoms with Crippen molar-refractivity contribution in [2.24, 2.45) is 0 Å². The maximum Gasteiger partial charge on any atom is 0.101 e. The first-order valence-electron chi connectivity index (χ1n) is 9.53. The molecule has 2 heterocycles. The average Bonchev–Trinajstić information content (AvgIpc) is 2.80. The molecule has 4 rings (SSSR count). The topological polar surface area (TPSA) is 74.0 Å². The maximum absolute atomic E-state index is 13.2. The molecule has 5 nitrogen and oxygen atoms in total. The van der Waals surface area contributed by atoms with Crippen molar-refractivity contribution in [1.29, 1.82) is 0 Å². The number of benzene rings is 2. The number of rotatable bonds is 5. The third-order valence-corrected chi connectivity index (χ3v) is 5.53. The molecule has 0 bridgehead atoms. The van der Waals surface area contributed by atoms with Crippen molar-refractivity contribution in [1.82, 2.24) is 9.97 Å². The summed E-state index contributed by atoms with van der Waals surface area (Å²) in [5.41, 5.74) is 2.32. The third kappa shape index (κ3) is 7.91. The maximum atomic E-state index is 13.2. The first kappa shape index (κ1) is 26.4. The SMILES string of the molecule is Cc1ccnc(C[N-]S(=O)(=O)c2ccccc2)c1.Fc1c[c-]c(-c2ccccn2)c(F)c1.[Ir]. The van der Waals surface area contributed by atoms with E-state index in [1.54, 1.807) is 48.8 Å². The summed E-state index contributed by atoms with van der Waals surface area (Å²) in [5, 5.41) is 0. The average molecular weight is 644 g/mol. The number of pyridine rings is 2. The Hall–Kier alpha value is -2.84. The van der Waals surface area contributed by atoms with E-state index < -0.39 is 21.7 Å². The van der Waals surface area contributed by atoms with Gasteiger partial charge in [-0.1, -0.05) is 48.5 Å². The van der Waals surface area contributed by atoms with Gasteiger partial charge in [0, 0.05) is 54.7 Å². The van der Waals surface area contributed by atoms with Gasteiger partial charge in [-0.15, -0.1) is 12.1 Å². The Labute approximate surface area is 205 Å². The summed E-state index contributed by atoms with van der Waals surface area (Å²) < 4.78 is 53.3. The van der Waals surface area contributed by atoms with Gasteiger partial charge in [-0.3, -0.25) is 13.8 Å². The largest absolute Gasteiger partial charge is 0.540 e. The van der Waals surface area contributed by atoms with E-state index in [1.807, 2.05) is 19.1 Å². The zero-order chi connectivity index (χ0) is 23.0. The predicted molar refractivity (Wildman–Crippen MR) is 118 cm³/mol. The van der Waals surface area contributed by atoms with Crippen LogP contribution in [0.3, 0.4) is 0 Å². The first-order chi connectivity index (χ1) is 15.3. The molecular formula is C24H19F2IrN3O2S-2. The van der Waals surface area contributed by atoms with Crippen molar-refractivity contribution >= 4 is 10.0 Å². The summed E-state index contributed by atoms with van der Waals surface area (Å²) in [4.78, 5) is 8.23. The zero-order valence-electron chi connectivity index (χ0n) is 17.4. The van der Waals surface area contributed by atoms with Crippen molar-refractivity contribution in [2.45, 2.75) is 18.4 Å². The Bertz CT molecular complexity index is 1280. The second kappa shape index (κ2) is 12.4. The summed E-state index contributed by atoms with van der Waals surface area (Å²) in [7, 11) is -3.59. The van der Waals surface area contributed by atoms with E-state index in [1.165, 1.54) is 12.1 Å². The van der Waals surface area contributed by atoms with Gasteiger partial charge in [-0.05, 0) is 48.5 Å². The first-order valence-corrected chi connectivity index (χ1v) is 11.0. The van der Waals surface area contributed by atoms with Crippen molar-refractivity contribution in [3.8, 4) is 11.3 Å². The van der Waals surface area contributed by atoms with E-state index in [2.05, 4.69) is 20.8 Å². The standard InChI is InChI=1S/C13H13N2O2S.C11H6F2N.Ir/c1-11-7-8-14-12(9-11)10-15-18(16,17)13-5-3-2-4-6-13;12-8-4-5-9(10(13)7-8)11-3-1-2-6-14-11;/h2-9H,10H2,1H3;1-4,6-7H;/q2*-1;. The van der Waals surface area contributed by atoms with E-state index in [0.29, 0.717) is 11.4 Å². The predicted octanol–water partition coefficient (Wildman–Crippen LogP) is 5.48. The van der Waals surface area contributed by atoms with Crippen molar-refractivity contribution < 1.29 is 37.3 Å². The minimum Gasteiger partial charge on any atom is -0.540 e. The van der Waals surface area contributed by atoms with Crippen LogP contribution in [0, 0.1) is 24.6 Å². The molecule has 0 atom stereocenters. The number of halogens is 2. The molecule has 0 unspecified atom stereocenters. The molecule has 0 saturated heterocycles. The Balaban J connectivity index is 0.000000233. The van der Waals surface area contributed by atoms with E-state index in [-0.39, 0.29) is 37.1 Å². The number of hydrogen-bond donors (Lipinski definition) is 0. The quantitative estimate of drug-likeness (QED) is 0.270. The van der Waals surface area contributed by atoms with Crippen LogP contribution in [-0.2, 0) is 36.7 Å². The Morgan fingerprint density at radius 1 is 0.939 bits per heavy atom. The molecule has 173 valence electrons. The smallest absolute Gasteiger partial charge is 0.101 e. The molecule has 2 aromatic heterocycles. The second-order valence-corrected chi connectivity index (χ2v) is 8.34. The number of aromatic nitrogens is 2. The van der Waals surface area contributed by atoms with Crippen LogP contribution >= 0.6 is 0 Å². The Morgan fingerprint density at radius 3 is 2.30 bits per heavy atom. The van der Waals surface area contributed by atoms with Gasteiger partial charge in [0.15, 0.2) is 0 Å². The minimum atomic E-state index is -3.59. The Morgan fingerprint density at radius 2 is 1.67 bits per heavy atom. The monoisotopic (exact) mass is 644 g/mol. The summed E-state index contributed by atoms with van der Waals surface area (Å²) in [5.74, 6) is -1.29. The van der Waals surface area contributed by atoms with Gasteiger partial charge in [0.2, 0.25) is 0 Å². The van der Waals surface area contributed by atoms with Crippen LogP contribution < -0.4 is 0 Å². The van der Waals surface area contributed by atoms with Gasteiger partial charge in [0.25, 0.3) is 0 Å². The number of hydrogen-bond acceptors (Lipinski definition) is 4. The van der Waals surface area contributed by atoms with Crippen molar-refractivity contribution in [3.63, 3.8) is 0 Å². The van der Waals surface area contributed by atoms with Crippen LogP contribution in [-0.4, -0.2) is 18.4 Å². The molecule has 4 aromatic rings. The van der Waals surface area contributed by atoms with E-state index in [4.69, 9.17) is 0 Å². The third-order valence-electron chi connectivity index (χ3n) is 4.19. The molecule has 33 heavy (non-hydrogen) atoms. The van der Waals surface area contributed by atoms with Crippen LogP contribution in [0.1, 0.15) is 11.3 Å². The number of sulfonamides is 1. The summed E-state index contributed by atoms with van der Waals surface area (Å²) in [6.45, 7) is 2.00. The summed E-state index contributed by atoms with van der Waals surface area (Å²) >= 11 is 0. The molecule has 0 fully saturated rings. The van der Waals surface area contributed by atoms with Crippen LogP contribution in [0.2, 0.25) is 0 Å². The number of nitrogens with zero attached hydrogens (tertiary/aromatic N) is 3. The van der Waals surface area contributed by atoms with Crippen LogP contribution in [0.25, 0.3) is 16.0 Å². The molecule has 0 N–H and O–H groups in total. The number of aryl methyl sites for hydroxylation is 1. The van der Waals surface area contributed by atoms with E-state index >= 15 is 0 Å². The fourth-order valence-corrected chi connectivity index (χ4v) is 3.61. The van der Waals surface area contributed by atoms with Crippen LogP contribution in [0.5, 0.6) is 0 Å². The molecule has 1 radical (unpaired) electrons.